The van der Waals surface area contributed by atoms with Crippen LogP contribution >= 0.6 is 0 Å². The molecule has 2 aromatic rings. The second-order valence-electron chi connectivity index (χ2n) is 6.64. The molecule has 1 amide bonds. The molecule has 0 bridgehead atoms. The zero-order valence-electron chi connectivity index (χ0n) is 14.7. The van der Waals surface area contributed by atoms with Gasteiger partial charge in [0.2, 0.25) is 5.91 Å². The minimum absolute atomic E-state index is 0.116. The monoisotopic (exact) mass is 375 g/mol. The number of carbonyl (C=O) groups excluding carboxylic acids is 1. The summed E-state index contributed by atoms with van der Waals surface area (Å²) >= 11 is 0. The third-order valence-corrected chi connectivity index (χ3v) is 4.55. The average molecular weight is 375 g/mol. The molecule has 1 N–H and O–H groups in total. The molecule has 0 aromatic heterocycles. The molecule has 142 valence electrons. The molecule has 1 aliphatic rings. The van der Waals surface area contributed by atoms with Crippen LogP contribution in [0.15, 0.2) is 42.5 Å². The smallest absolute Gasteiger partial charge is 0.341 e. The minimum atomic E-state index is -1.06. The standard InChI is InChI=1S/C20H19F2NO4/c1-23(10-12-2-5-14(6-3-12)27-11-19(24)25)20(26)17-9-15(17)16-8-13(21)4-7-18(16)22/h2-8,15,17H,9-11H2,1H3,(H,24,25). The Morgan fingerprint density at radius 3 is 2.56 bits per heavy atom. The van der Waals surface area contributed by atoms with Gasteiger partial charge in [0.25, 0.3) is 0 Å². The van der Waals surface area contributed by atoms with Gasteiger partial charge in [-0.25, -0.2) is 13.6 Å². The first-order chi connectivity index (χ1) is 12.8. The van der Waals surface area contributed by atoms with Gasteiger partial charge < -0.3 is 14.7 Å². The van der Waals surface area contributed by atoms with E-state index >= 15 is 0 Å². The van der Waals surface area contributed by atoms with Gasteiger partial charge in [-0.2, -0.15) is 0 Å². The highest BCUT2D eigenvalue weighted by Crippen LogP contribution is 2.49. The molecule has 0 radical (unpaired) electrons. The van der Waals surface area contributed by atoms with Crippen molar-refractivity contribution in [2.24, 2.45) is 5.92 Å². The van der Waals surface area contributed by atoms with Crippen LogP contribution in [0.3, 0.4) is 0 Å². The van der Waals surface area contributed by atoms with E-state index in [0.717, 1.165) is 23.8 Å². The van der Waals surface area contributed by atoms with E-state index in [2.05, 4.69) is 0 Å². The van der Waals surface area contributed by atoms with Crippen LogP contribution in [0, 0.1) is 17.6 Å². The van der Waals surface area contributed by atoms with Gasteiger partial charge in [0.15, 0.2) is 6.61 Å². The summed E-state index contributed by atoms with van der Waals surface area (Å²) in [6.07, 6.45) is 0.505. The normalized spacial score (nSPS) is 18.0. The largest absolute Gasteiger partial charge is 0.482 e. The zero-order valence-corrected chi connectivity index (χ0v) is 14.7. The second kappa shape index (κ2) is 7.73. The minimum Gasteiger partial charge on any atom is -0.482 e. The molecule has 2 aromatic carbocycles. The Balaban J connectivity index is 1.57. The average Bonchev–Trinajstić information content (AvgIpc) is 3.43. The molecule has 1 aliphatic carbocycles. The van der Waals surface area contributed by atoms with E-state index in [4.69, 9.17) is 9.84 Å². The highest BCUT2D eigenvalue weighted by molar-refractivity contribution is 5.82. The number of carboxylic acid groups (broad SMARTS) is 1. The van der Waals surface area contributed by atoms with Gasteiger partial charge in [0.1, 0.15) is 17.4 Å². The molecule has 5 nitrogen and oxygen atoms in total. The Labute approximate surface area is 155 Å². The fourth-order valence-electron chi connectivity index (χ4n) is 3.08. The number of carbonyl (C=O) groups is 2. The lowest BCUT2D eigenvalue weighted by Gasteiger charge is -2.18. The summed E-state index contributed by atoms with van der Waals surface area (Å²) < 4.78 is 32.3. The number of aliphatic carboxylic acids is 1. The van der Waals surface area contributed by atoms with Crippen LogP contribution in [0.25, 0.3) is 0 Å². The van der Waals surface area contributed by atoms with Crippen molar-refractivity contribution in [3.8, 4) is 5.75 Å². The number of halogens is 2. The molecule has 1 saturated carbocycles. The van der Waals surface area contributed by atoms with Crippen molar-refractivity contribution in [3.05, 3.63) is 65.2 Å². The molecule has 0 aliphatic heterocycles. The number of rotatable bonds is 7. The first kappa shape index (κ1) is 18.8. The Morgan fingerprint density at radius 2 is 1.89 bits per heavy atom. The number of ether oxygens (including phenoxy) is 1. The first-order valence-corrected chi connectivity index (χ1v) is 8.48. The van der Waals surface area contributed by atoms with Crippen molar-refractivity contribution >= 4 is 11.9 Å². The summed E-state index contributed by atoms with van der Waals surface area (Å²) in [5, 5.41) is 8.59. The maximum absolute atomic E-state index is 13.9. The molecular formula is C20H19F2NO4. The molecule has 2 atom stereocenters. The maximum Gasteiger partial charge on any atom is 0.341 e. The van der Waals surface area contributed by atoms with E-state index in [0.29, 0.717) is 18.7 Å². The predicted molar refractivity (Wildman–Crippen MR) is 93.3 cm³/mol. The van der Waals surface area contributed by atoms with E-state index in [9.17, 15) is 18.4 Å². The molecule has 27 heavy (non-hydrogen) atoms. The van der Waals surface area contributed by atoms with E-state index in [1.165, 1.54) is 0 Å². The molecule has 0 spiro atoms. The Hall–Kier alpha value is -2.96. The number of hydrogen-bond donors (Lipinski definition) is 1. The molecule has 2 unspecified atom stereocenters. The van der Waals surface area contributed by atoms with Crippen molar-refractivity contribution in [2.75, 3.05) is 13.7 Å². The summed E-state index contributed by atoms with van der Waals surface area (Å²) in [6, 6.07) is 10.1. The van der Waals surface area contributed by atoms with Gasteiger partial charge in [0, 0.05) is 19.5 Å². The van der Waals surface area contributed by atoms with E-state index in [-0.39, 0.29) is 23.3 Å². The highest BCUT2D eigenvalue weighted by Gasteiger charge is 2.46. The van der Waals surface area contributed by atoms with Crippen LogP contribution in [0.1, 0.15) is 23.5 Å². The van der Waals surface area contributed by atoms with Crippen molar-refractivity contribution in [1.82, 2.24) is 4.90 Å². The van der Waals surface area contributed by atoms with E-state index in [1.807, 2.05) is 0 Å². The summed E-state index contributed by atoms with van der Waals surface area (Å²) in [6.45, 7) is -0.0651. The predicted octanol–water partition coefficient (Wildman–Crippen LogP) is 3.19. The lowest BCUT2D eigenvalue weighted by atomic mass is 10.1. The van der Waals surface area contributed by atoms with Gasteiger partial charge in [-0.1, -0.05) is 12.1 Å². The van der Waals surface area contributed by atoms with Gasteiger partial charge in [0.05, 0.1) is 0 Å². The third-order valence-electron chi connectivity index (χ3n) is 4.55. The topological polar surface area (TPSA) is 66.8 Å². The molecule has 1 fully saturated rings. The van der Waals surface area contributed by atoms with Crippen LogP contribution < -0.4 is 4.74 Å². The number of nitrogens with zero attached hydrogens (tertiary/aromatic N) is 1. The Bertz CT molecular complexity index is 854. The summed E-state index contributed by atoms with van der Waals surface area (Å²) in [4.78, 5) is 24.6. The summed E-state index contributed by atoms with van der Waals surface area (Å²) in [7, 11) is 1.66. The molecule has 0 heterocycles. The molecule has 7 heteroatoms. The zero-order chi connectivity index (χ0) is 19.6. The van der Waals surface area contributed by atoms with Crippen LogP contribution in [-0.2, 0) is 16.1 Å². The number of benzene rings is 2. The summed E-state index contributed by atoms with van der Waals surface area (Å²) in [5.74, 6) is -2.38. The fraction of sp³-hybridized carbons (Fsp3) is 0.300. The van der Waals surface area contributed by atoms with Crippen molar-refractivity contribution in [3.63, 3.8) is 0 Å². The Kier molecular flexibility index (Phi) is 5.39. The van der Waals surface area contributed by atoms with Crippen LogP contribution in [0.5, 0.6) is 5.75 Å². The molecule has 0 saturated heterocycles. The van der Waals surface area contributed by atoms with E-state index < -0.39 is 24.2 Å². The number of hydrogen-bond acceptors (Lipinski definition) is 3. The maximum atomic E-state index is 13.9. The van der Waals surface area contributed by atoms with Gasteiger partial charge in [-0.3, -0.25) is 4.79 Å². The number of amides is 1. The number of carboxylic acids is 1. The summed E-state index contributed by atoms with van der Waals surface area (Å²) in [5.41, 5.74) is 1.10. The lowest BCUT2D eigenvalue weighted by Crippen LogP contribution is -2.28. The fourth-order valence-corrected chi connectivity index (χ4v) is 3.08. The van der Waals surface area contributed by atoms with Gasteiger partial charge >= 0.3 is 5.97 Å². The van der Waals surface area contributed by atoms with Crippen LogP contribution in [0.2, 0.25) is 0 Å². The Morgan fingerprint density at radius 1 is 1.19 bits per heavy atom. The van der Waals surface area contributed by atoms with Crippen LogP contribution in [0.4, 0.5) is 8.78 Å². The SMILES string of the molecule is CN(Cc1ccc(OCC(=O)O)cc1)C(=O)C1CC1c1cc(F)ccc1F. The highest BCUT2D eigenvalue weighted by atomic mass is 19.1. The van der Waals surface area contributed by atoms with Crippen molar-refractivity contribution in [2.45, 2.75) is 18.9 Å². The van der Waals surface area contributed by atoms with Gasteiger partial charge in [-0.15, -0.1) is 0 Å². The van der Waals surface area contributed by atoms with Crippen molar-refractivity contribution in [1.29, 1.82) is 0 Å². The second-order valence-corrected chi connectivity index (χ2v) is 6.64. The van der Waals surface area contributed by atoms with Gasteiger partial charge in [-0.05, 0) is 53.8 Å². The van der Waals surface area contributed by atoms with E-state index in [1.54, 1.807) is 36.2 Å². The van der Waals surface area contributed by atoms with Crippen LogP contribution in [-0.4, -0.2) is 35.5 Å². The van der Waals surface area contributed by atoms with Crippen molar-refractivity contribution < 1.29 is 28.2 Å². The molecule has 3 rings (SSSR count). The third kappa shape index (κ3) is 4.61. The first-order valence-electron chi connectivity index (χ1n) is 8.48. The lowest BCUT2D eigenvalue weighted by molar-refractivity contribution is -0.139. The molecular weight excluding hydrogens is 356 g/mol. The quantitative estimate of drug-likeness (QED) is 0.807.